The minimum Gasteiger partial charge on any atom is -0.501 e. The fraction of sp³-hybridized carbons (Fsp3) is 0.143. The number of aromatic hydroxyl groups is 1. The number of ether oxygens (including phenoxy) is 1. The van der Waals surface area contributed by atoms with Crippen molar-refractivity contribution >= 4 is 0 Å². The molecule has 2 heteroatoms. The van der Waals surface area contributed by atoms with Gasteiger partial charge in [-0.25, -0.2) is 0 Å². The first kappa shape index (κ1) is 10.4. The van der Waals surface area contributed by atoms with Gasteiger partial charge in [0.1, 0.15) is 5.75 Å². The number of hydrogen-bond donors (Lipinski definition) is 1. The third kappa shape index (κ3) is 2.46. The lowest BCUT2D eigenvalue weighted by molar-refractivity contribution is 0.466. The van der Waals surface area contributed by atoms with Crippen LogP contribution in [0.2, 0.25) is 0 Å². The van der Waals surface area contributed by atoms with Crippen LogP contribution in [0.1, 0.15) is 12.5 Å². The lowest BCUT2D eigenvalue weighted by atomic mass is 10.2. The van der Waals surface area contributed by atoms with Crippen molar-refractivity contribution in [2.24, 2.45) is 0 Å². The molecule has 0 heterocycles. The van der Waals surface area contributed by atoms with Crippen molar-refractivity contribution in [3.63, 3.8) is 0 Å². The number of benzene rings is 1. The summed E-state index contributed by atoms with van der Waals surface area (Å²) in [6.45, 7) is 2.11. The molecule has 16 heavy (non-hydrogen) atoms. The number of hydrogen-bond acceptors (Lipinski definition) is 2. The highest BCUT2D eigenvalue weighted by Gasteiger charge is 1.96. The van der Waals surface area contributed by atoms with Gasteiger partial charge >= 0.3 is 0 Å². The van der Waals surface area contributed by atoms with Gasteiger partial charge in [-0.1, -0.05) is 19.1 Å². The van der Waals surface area contributed by atoms with Crippen molar-refractivity contribution in [2.75, 3.05) is 0 Å². The number of rotatable bonds is 3. The van der Waals surface area contributed by atoms with Crippen molar-refractivity contribution in [2.45, 2.75) is 13.3 Å². The average Bonchev–Trinajstić information content (AvgIpc) is 2.33. The summed E-state index contributed by atoms with van der Waals surface area (Å²) in [5, 5.41) is 9.05. The molecule has 0 unspecified atom stereocenters. The Morgan fingerprint density at radius 1 is 1.06 bits per heavy atom. The first-order valence-corrected chi connectivity index (χ1v) is 5.17. The second-order valence-electron chi connectivity index (χ2n) is 3.43. The second-order valence-corrected chi connectivity index (χ2v) is 3.43. The van der Waals surface area contributed by atoms with E-state index >= 15 is 0 Å². The molecule has 0 saturated heterocycles. The van der Waals surface area contributed by atoms with Gasteiger partial charge in [-0.3, -0.25) is 0 Å². The first-order valence-electron chi connectivity index (χ1n) is 5.17. The zero-order valence-corrected chi connectivity index (χ0v) is 9.03. The fourth-order valence-corrected chi connectivity index (χ4v) is 1.34. The van der Waals surface area contributed by atoms with E-state index in [4.69, 9.17) is 9.84 Å². The highest BCUT2D eigenvalue weighted by molar-refractivity contribution is 5.32. The summed E-state index contributed by atoms with van der Waals surface area (Å²) >= 11 is 0. The Morgan fingerprint density at radius 3 is 2.38 bits per heavy atom. The molecule has 0 amide bonds. The van der Waals surface area contributed by atoms with Gasteiger partial charge in [0, 0.05) is 0 Å². The standard InChI is InChI=1S/C14H12O2/c1-2-11-3-7-13(8-4-11)16-14-9-5-12(15)6-10-14/h3-5,7-9,15H,2H2,1H3. The molecule has 0 bridgehead atoms. The van der Waals surface area contributed by atoms with Crippen LogP contribution in [0, 0.1) is 12.1 Å². The normalized spacial score (nSPS) is 9.56. The molecule has 0 atom stereocenters. The summed E-state index contributed by atoms with van der Waals surface area (Å²) in [7, 11) is 0. The van der Waals surface area contributed by atoms with Crippen molar-refractivity contribution in [3.8, 4) is 17.2 Å². The maximum atomic E-state index is 9.05. The molecule has 0 aliphatic rings. The maximum absolute atomic E-state index is 9.05. The van der Waals surface area contributed by atoms with E-state index in [0.717, 1.165) is 12.2 Å². The van der Waals surface area contributed by atoms with Crippen molar-refractivity contribution in [1.82, 2.24) is 0 Å². The molecule has 2 rings (SSSR count). The highest BCUT2D eigenvalue weighted by Crippen LogP contribution is 2.20. The average molecular weight is 212 g/mol. The molecule has 0 aromatic heterocycles. The summed E-state index contributed by atoms with van der Waals surface area (Å²) in [5.74, 6) is 1.36. The zero-order chi connectivity index (χ0) is 11.4. The molecule has 2 aromatic rings. The topological polar surface area (TPSA) is 29.5 Å². The molecule has 0 saturated carbocycles. The molecule has 0 fully saturated rings. The third-order valence-electron chi connectivity index (χ3n) is 2.27. The van der Waals surface area contributed by atoms with Crippen LogP contribution >= 0.6 is 0 Å². The van der Waals surface area contributed by atoms with Crippen molar-refractivity contribution in [3.05, 3.63) is 54.1 Å². The Balaban J connectivity index is 2.11. The molecule has 0 spiro atoms. The van der Waals surface area contributed by atoms with E-state index in [0.29, 0.717) is 5.75 Å². The maximum Gasteiger partial charge on any atom is 0.178 e. The first-order chi connectivity index (χ1) is 7.78. The lowest BCUT2D eigenvalue weighted by Gasteiger charge is -2.03. The molecule has 1 N–H and O–H groups in total. The minimum atomic E-state index is 0.0636. The van der Waals surface area contributed by atoms with Gasteiger partial charge in [-0.05, 0) is 48.4 Å². The molecule has 2 nitrogen and oxygen atoms in total. The van der Waals surface area contributed by atoms with Crippen LogP contribution in [0.4, 0.5) is 0 Å². The monoisotopic (exact) mass is 212 g/mol. The van der Waals surface area contributed by atoms with Gasteiger partial charge in [0.2, 0.25) is 0 Å². The van der Waals surface area contributed by atoms with Gasteiger partial charge in [0.05, 0.1) is 0 Å². The van der Waals surface area contributed by atoms with Crippen molar-refractivity contribution in [1.29, 1.82) is 0 Å². The Bertz CT molecular complexity index is 443. The summed E-state index contributed by atoms with van der Waals surface area (Å²) in [6, 6.07) is 16.3. The van der Waals surface area contributed by atoms with Gasteiger partial charge in [0.25, 0.3) is 0 Å². The van der Waals surface area contributed by atoms with E-state index in [1.54, 1.807) is 6.07 Å². The van der Waals surface area contributed by atoms with E-state index in [-0.39, 0.29) is 5.75 Å². The van der Waals surface area contributed by atoms with Gasteiger partial charge in [-0.2, -0.15) is 0 Å². The molecular weight excluding hydrogens is 200 g/mol. The summed E-state index contributed by atoms with van der Waals surface area (Å²) in [6.07, 6.45) is 1.01. The predicted octanol–water partition coefficient (Wildman–Crippen LogP) is 3.35. The number of aryl methyl sites for hydroxylation is 1. The SMILES string of the molecule is CCc1ccc(Oc2c#cc(O)cc2)cc1. The summed E-state index contributed by atoms with van der Waals surface area (Å²) in [5.41, 5.74) is 1.27. The van der Waals surface area contributed by atoms with Crippen LogP contribution < -0.4 is 4.74 Å². The molecule has 0 aliphatic heterocycles. The molecular formula is C14H12O2. The van der Waals surface area contributed by atoms with Crippen LogP contribution in [-0.4, -0.2) is 5.11 Å². The second kappa shape index (κ2) is 4.59. The Hall–Kier alpha value is -2.14. The van der Waals surface area contributed by atoms with E-state index in [2.05, 4.69) is 19.1 Å². The Kier molecular flexibility index (Phi) is 2.98. The summed E-state index contributed by atoms with van der Waals surface area (Å²) in [4.78, 5) is 0. The molecule has 80 valence electrons. The smallest absolute Gasteiger partial charge is 0.178 e. The predicted molar refractivity (Wildman–Crippen MR) is 61.7 cm³/mol. The quantitative estimate of drug-likeness (QED) is 0.845. The van der Waals surface area contributed by atoms with Crippen LogP contribution in [-0.2, 0) is 6.42 Å². The van der Waals surface area contributed by atoms with Gasteiger partial charge < -0.3 is 9.84 Å². The van der Waals surface area contributed by atoms with E-state index in [1.165, 1.54) is 11.6 Å². The van der Waals surface area contributed by atoms with Gasteiger partial charge in [-0.15, -0.1) is 0 Å². The molecule has 2 aromatic carbocycles. The Labute approximate surface area is 95.1 Å². The minimum absolute atomic E-state index is 0.0636. The fourth-order valence-electron chi connectivity index (χ4n) is 1.34. The van der Waals surface area contributed by atoms with Crippen LogP contribution in [0.3, 0.4) is 0 Å². The summed E-state index contributed by atoms with van der Waals surface area (Å²) < 4.78 is 5.53. The largest absolute Gasteiger partial charge is 0.501 e. The van der Waals surface area contributed by atoms with Crippen LogP contribution in [0.15, 0.2) is 36.4 Å². The lowest BCUT2D eigenvalue weighted by Crippen LogP contribution is -1.84. The van der Waals surface area contributed by atoms with Crippen LogP contribution in [0.5, 0.6) is 17.2 Å². The molecule has 0 aliphatic carbocycles. The van der Waals surface area contributed by atoms with Crippen molar-refractivity contribution < 1.29 is 9.84 Å². The molecule has 0 radical (unpaired) electrons. The van der Waals surface area contributed by atoms with E-state index in [9.17, 15) is 0 Å². The highest BCUT2D eigenvalue weighted by atomic mass is 16.5. The third-order valence-corrected chi connectivity index (χ3v) is 2.27. The zero-order valence-electron chi connectivity index (χ0n) is 9.03. The van der Waals surface area contributed by atoms with Gasteiger partial charge in [0.15, 0.2) is 11.5 Å². The van der Waals surface area contributed by atoms with E-state index < -0.39 is 0 Å². The van der Waals surface area contributed by atoms with E-state index in [1.807, 2.05) is 24.3 Å². The van der Waals surface area contributed by atoms with Crippen LogP contribution in [0.25, 0.3) is 0 Å². The Morgan fingerprint density at radius 2 is 1.81 bits per heavy atom.